The van der Waals surface area contributed by atoms with Gasteiger partial charge >= 0.3 is 6.09 Å². The van der Waals surface area contributed by atoms with Gasteiger partial charge in [-0.3, -0.25) is 34.3 Å². The van der Waals surface area contributed by atoms with Crippen LogP contribution in [0, 0.1) is 6.92 Å². The van der Waals surface area contributed by atoms with Crippen molar-refractivity contribution in [2.75, 3.05) is 79.0 Å². The number of carbonyl (C=O) groups excluding carboxylic acids is 3. The monoisotopic (exact) mass is 868 g/mol. The highest BCUT2D eigenvalue weighted by atomic mass is 16.6. The number of benzene rings is 2. The van der Waals surface area contributed by atoms with Crippen LogP contribution >= 0.6 is 0 Å². The Kier molecular flexibility index (Phi) is 10.8. The summed E-state index contributed by atoms with van der Waals surface area (Å²) in [5.74, 6) is 0.114. The molecule has 0 radical (unpaired) electrons. The van der Waals surface area contributed by atoms with E-state index in [4.69, 9.17) is 19.6 Å². The molecule has 2 N–H and O–H groups in total. The Bertz CT molecular complexity index is 2610. The lowest BCUT2D eigenvalue weighted by Crippen LogP contribution is -2.62. The molecule has 64 heavy (non-hydrogen) atoms. The number of fused-ring (bicyclic) bond motifs is 3. The molecule has 1 atom stereocenters. The first kappa shape index (κ1) is 41.7. The first-order chi connectivity index (χ1) is 30.8. The van der Waals surface area contributed by atoms with Gasteiger partial charge < -0.3 is 24.6 Å². The Morgan fingerprint density at radius 3 is 2.50 bits per heavy atom. The second-order valence-electron chi connectivity index (χ2n) is 18.6. The quantitative estimate of drug-likeness (QED) is 0.199. The number of aromatic nitrogens is 5. The number of amides is 3. The lowest BCUT2D eigenvalue weighted by atomic mass is 9.92. The zero-order valence-corrected chi connectivity index (χ0v) is 37.3. The maximum atomic E-state index is 13.2. The van der Waals surface area contributed by atoms with Crippen LogP contribution in [-0.4, -0.2) is 123 Å². The molecular formula is C47H56N12O5. The lowest BCUT2D eigenvalue weighted by molar-refractivity contribution is -0.134. The van der Waals surface area contributed by atoms with Gasteiger partial charge in [-0.25, -0.2) is 19.7 Å². The summed E-state index contributed by atoms with van der Waals surface area (Å²) in [6.45, 7) is 16.5. The van der Waals surface area contributed by atoms with Crippen molar-refractivity contribution < 1.29 is 23.9 Å². The number of piperazine rings is 1. The van der Waals surface area contributed by atoms with Crippen LogP contribution < -0.4 is 30.1 Å². The molecule has 0 saturated carbocycles. The van der Waals surface area contributed by atoms with E-state index >= 15 is 0 Å². The van der Waals surface area contributed by atoms with Crippen molar-refractivity contribution >= 4 is 57.5 Å². The van der Waals surface area contributed by atoms with Crippen LogP contribution in [-0.2, 0) is 40.9 Å². The average Bonchev–Trinajstić information content (AvgIpc) is 3.60. The number of pyridine rings is 1. The average molecular weight is 869 g/mol. The molecule has 3 aromatic heterocycles. The molecule has 8 heterocycles. The molecule has 0 spiro atoms. The largest absolute Gasteiger partial charge is 0.474 e. The van der Waals surface area contributed by atoms with Gasteiger partial charge in [0.15, 0.2) is 0 Å². The van der Waals surface area contributed by atoms with Crippen molar-refractivity contribution in [2.45, 2.75) is 77.6 Å². The van der Waals surface area contributed by atoms with Gasteiger partial charge in [-0.05, 0) is 69.9 Å². The summed E-state index contributed by atoms with van der Waals surface area (Å²) in [6, 6.07) is 15.3. The molecule has 17 heteroatoms. The number of para-hydroxylation sites is 1. The summed E-state index contributed by atoms with van der Waals surface area (Å²) in [5, 5.41) is 11.7. The molecule has 17 nitrogen and oxygen atoms in total. The summed E-state index contributed by atoms with van der Waals surface area (Å²) in [4.78, 5) is 63.4. The van der Waals surface area contributed by atoms with Gasteiger partial charge in [-0.2, -0.15) is 5.10 Å². The third-order valence-corrected chi connectivity index (χ3v) is 13.1. The Morgan fingerprint density at radius 1 is 0.938 bits per heavy atom. The fourth-order valence-corrected chi connectivity index (χ4v) is 9.84. The van der Waals surface area contributed by atoms with E-state index in [0.717, 1.165) is 109 Å². The van der Waals surface area contributed by atoms with E-state index in [1.807, 2.05) is 57.9 Å². The normalized spacial score (nSPS) is 19.8. The number of nitrogens with one attached hydrogen (secondary N) is 2. The molecule has 334 valence electrons. The number of carbonyl (C=O) groups is 3. The molecule has 2 aromatic carbocycles. The third-order valence-electron chi connectivity index (χ3n) is 13.1. The standard InChI is InChI=1S/C47H56N12O5/c1-29-38(24-48-44-41(29)59(21-22-63-44)46(62)64-47(2,3)4)58-16-15-31-23-49-45(51-36(31)28-58)50-32-11-9-30(10-12-32)25-55-26-33(27-55)56-17-19-57(20-18-56)37-8-6-7-34-40(53-54(5)42(34)37)35-13-14-39(60)52-43(35)61/h6-12,23-24,33,35H,13-22,25-28H2,1-5H3,(H,49,50,51)(H,52,60,61). The highest BCUT2D eigenvalue weighted by Crippen LogP contribution is 2.40. The number of aryl methyl sites for hydroxylation is 1. The number of likely N-dealkylation sites (tertiary alicyclic amines) is 1. The van der Waals surface area contributed by atoms with Crippen LogP contribution in [0.4, 0.5) is 33.5 Å². The van der Waals surface area contributed by atoms with Gasteiger partial charge in [0.25, 0.3) is 0 Å². The predicted octanol–water partition coefficient (Wildman–Crippen LogP) is 5.03. The smallest absolute Gasteiger partial charge is 0.415 e. The maximum Gasteiger partial charge on any atom is 0.415 e. The Labute approximate surface area is 372 Å². The van der Waals surface area contributed by atoms with Crippen LogP contribution in [0.25, 0.3) is 10.9 Å². The van der Waals surface area contributed by atoms with Crippen molar-refractivity contribution in [1.82, 2.24) is 39.8 Å². The Hall–Kier alpha value is -6.33. The minimum absolute atomic E-state index is 0.213. The number of nitrogens with zero attached hydrogens (tertiary/aromatic N) is 10. The van der Waals surface area contributed by atoms with Crippen molar-refractivity contribution in [3.63, 3.8) is 0 Å². The number of ether oxygens (including phenoxy) is 2. The van der Waals surface area contributed by atoms with Crippen molar-refractivity contribution in [1.29, 1.82) is 0 Å². The molecule has 0 aliphatic carbocycles. The second-order valence-corrected chi connectivity index (χ2v) is 18.6. The van der Waals surface area contributed by atoms with Gasteiger partial charge in [-0.1, -0.05) is 24.3 Å². The van der Waals surface area contributed by atoms with Gasteiger partial charge in [0, 0.05) is 94.7 Å². The maximum absolute atomic E-state index is 13.2. The summed E-state index contributed by atoms with van der Waals surface area (Å²) in [5.41, 5.74) is 9.10. The molecule has 10 rings (SSSR count). The SMILES string of the molecule is Cc1c(N2CCc3cnc(Nc4ccc(CN5CC(N6CCN(c7cccc8c(C9CCC(=O)NC9=O)nn(C)c78)CC6)C5)cc4)nc3C2)cnc2c1N(C(=O)OC(C)(C)C)CCO2. The number of rotatable bonds is 8. The first-order valence-corrected chi connectivity index (χ1v) is 22.4. The van der Waals surface area contributed by atoms with Crippen LogP contribution in [0.15, 0.2) is 54.9 Å². The lowest BCUT2D eigenvalue weighted by Gasteiger charge is -2.48. The highest BCUT2D eigenvalue weighted by Gasteiger charge is 2.36. The molecule has 1 unspecified atom stereocenters. The van der Waals surface area contributed by atoms with E-state index in [0.29, 0.717) is 56.1 Å². The fraction of sp³-hybridized carbons (Fsp3) is 0.468. The molecular weight excluding hydrogens is 813 g/mol. The minimum atomic E-state index is -0.617. The molecule has 5 aromatic rings. The van der Waals surface area contributed by atoms with Crippen LogP contribution in [0.1, 0.15) is 67.6 Å². The van der Waals surface area contributed by atoms with E-state index in [9.17, 15) is 14.4 Å². The van der Waals surface area contributed by atoms with Gasteiger partial charge in [0.2, 0.25) is 23.6 Å². The van der Waals surface area contributed by atoms with E-state index < -0.39 is 17.6 Å². The zero-order valence-electron chi connectivity index (χ0n) is 37.3. The van der Waals surface area contributed by atoms with E-state index in [-0.39, 0.29) is 11.8 Å². The highest BCUT2D eigenvalue weighted by molar-refractivity contribution is 6.03. The van der Waals surface area contributed by atoms with Crippen molar-refractivity contribution in [2.24, 2.45) is 7.05 Å². The van der Waals surface area contributed by atoms with E-state index in [1.165, 1.54) is 5.56 Å². The number of piperidine rings is 1. The minimum Gasteiger partial charge on any atom is -0.474 e. The topological polar surface area (TPSA) is 166 Å². The second kappa shape index (κ2) is 16.7. The number of hydrogen-bond donors (Lipinski definition) is 2. The molecule has 0 bridgehead atoms. The summed E-state index contributed by atoms with van der Waals surface area (Å²) >= 11 is 0. The molecule has 5 aliphatic heterocycles. The van der Waals surface area contributed by atoms with Crippen molar-refractivity contribution in [3.8, 4) is 5.88 Å². The number of hydrogen-bond acceptors (Lipinski definition) is 14. The Balaban J connectivity index is 0.718. The van der Waals surface area contributed by atoms with E-state index in [1.54, 1.807) is 4.90 Å². The third kappa shape index (κ3) is 8.17. The van der Waals surface area contributed by atoms with E-state index in [2.05, 4.69) is 76.6 Å². The molecule has 5 aliphatic rings. The fourth-order valence-electron chi connectivity index (χ4n) is 9.84. The summed E-state index contributed by atoms with van der Waals surface area (Å²) in [6.07, 6.45) is 4.97. The summed E-state index contributed by atoms with van der Waals surface area (Å²) < 4.78 is 13.5. The zero-order chi connectivity index (χ0) is 44.3. The summed E-state index contributed by atoms with van der Waals surface area (Å²) in [7, 11) is 1.94. The van der Waals surface area contributed by atoms with Gasteiger partial charge in [-0.15, -0.1) is 0 Å². The molecule has 3 fully saturated rings. The molecule has 3 amide bonds. The number of anilines is 5. The van der Waals surface area contributed by atoms with Crippen molar-refractivity contribution in [3.05, 3.63) is 82.9 Å². The van der Waals surface area contributed by atoms with Crippen LogP contribution in [0.2, 0.25) is 0 Å². The van der Waals surface area contributed by atoms with Gasteiger partial charge in [0.05, 0.1) is 53.5 Å². The van der Waals surface area contributed by atoms with Gasteiger partial charge in [0.1, 0.15) is 17.9 Å². The predicted molar refractivity (Wildman–Crippen MR) is 243 cm³/mol. The van der Waals surface area contributed by atoms with Crippen LogP contribution in [0.3, 0.4) is 0 Å². The Morgan fingerprint density at radius 2 is 1.73 bits per heavy atom. The molecule has 3 saturated heterocycles. The number of imide groups is 1. The first-order valence-electron chi connectivity index (χ1n) is 22.4. The van der Waals surface area contributed by atoms with Crippen LogP contribution in [0.5, 0.6) is 5.88 Å².